The van der Waals surface area contributed by atoms with Crippen molar-refractivity contribution in [3.63, 3.8) is 0 Å². The first kappa shape index (κ1) is 16.5. The summed E-state index contributed by atoms with van der Waals surface area (Å²) in [5.41, 5.74) is 0.666. The summed E-state index contributed by atoms with van der Waals surface area (Å²) in [5, 5.41) is 12.8. The van der Waals surface area contributed by atoms with E-state index in [1.807, 2.05) is 6.92 Å². The number of carbonyl (C=O) groups is 1. The Hall–Kier alpha value is -0.840. The van der Waals surface area contributed by atoms with Crippen LogP contribution in [0.4, 0.5) is 4.39 Å². The fraction of sp³-hybridized carbons (Fsp3) is 0.533. The zero-order valence-electron chi connectivity index (χ0n) is 11.7. The Balaban J connectivity index is 1.98. The lowest BCUT2D eigenvalue weighted by Crippen LogP contribution is -2.36. The zero-order chi connectivity index (χ0) is 15.6. The minimum absolute atomic E-state index is 0.0120. The second-order valence-corrected chi connectivity index (χ2v) is 6.38. The summed E-state index contributed by atoms with van der Waals surface area (Å²) < 4.78 is 13.6. The largest absolute Gasteiger partial charge is 0.481 e. The normalized spacial score (nSPS) is 23.8. The van der Waals surface area contributed by atoms with Gasteiger partial charge in [-0.3, -0.25) is 4.79 Å². The van der Waals surface area contributed by atoms with Crippen molar-refractivity contribution >= 4 is 29.2 Å². The van der Waals surface area contributed by atoms with Gasteiger partial charge in [0.05, 0.1) is 10.9 Å². The summed E-state index contributed by atoms with van der Waals surface area (Å²) in [6.07, 6.45) is 2.94. The number of aliphatic carboxylic acids is 1. The number of hydrogen-bond donors (Lipinski definition) is 2. The van der Waals surface area contributed by atoms with Gasteiger partial charge in [-0.2, -0.15) is 0 Å². The van der Waals surface area contributed by atoms with Gasteiger partial charge in [-0.15, -0.1) is 0 Å². The third-order valence-corrected chi connectivity index (χ3v) is 4.69. The van der Waals surface area contributed by atoms with E-state index in [9.17, 15) is 9.18 Å². The molecule has 2 N–H and O–H groups in total. The Morgan fingerprint density at radius 1 is 1.29 bits per heavy atom. The van der Waals surface area contributed by atoms with Gasteiger partial charge in [0.2, 0.25) is 0 Å². The van der Waals surface area contributed by atoms with Gasteiger partial charge in [0.1, 0.15) is 5.82 Å². The smallest absolute Gasteiger partial charge is 0.306 e. The quantitative estimate of drug-likeness (QED) is 0.801. The topological polar surface area (TPSA) is 49.3 Å². The first-order chi connectivity index (χ1) is 9.88. The van der Waals surface area contributed by atoms with E-state index in [1.54, 1.807) is 0 Å². The maximum absolute atomic E-state index is 13.6. The molecular formula is C15H18Cl2FNO2. The van der Waals surface area contributed by atoms with Gasteiger partial charge >= 0.3 is 5.97 Å². The molecule has 0 aromatic heterocycles. The molecule has 1 saturated carbocycles. The highest BCUT2D eigenvalue weighted by Crippen LogP contribution is 2.31. The van der Waals surface area contributed by atoms with E-state index in [2.05, 4.69) is 5.32 Å². The van der Waals surface area contributed by atoms with Crippen LogP contribution in [-0.2, 0) is 4.79 Å². The molecular weight excluding hydrogens is 316 g/mol. The maximum atomic E-state index is 13.6. The van der Waals surface area contributed by atoms with Gasteiger partial charge in [0, 0.05) is 17.1 Å². The van der Waals surface area contributed by atoms with Crippen molar-refractivity contribution < 1.29 is 14.3 Å². The Bertz CT molecular complexity index is 531. The molecule has 6 heteroatoms. The lowest BCUT2D eigenvalue weighted by Gasteiger charge is -2.30. The standard InChI is InChI=1S/C15H18Cl2FNO2/c1-8(11-6-14(18)13(17)7-12(11)16)19-10-4-2-9(3-5-10)15(20)21/h6-10,19H,2-5H2,1H3,(H,20,21). The number of hydrogen-bond acceptors (Lipinski definition) is 2. The van der Waals surface area contributed by atoms with E-state index in [0.717, 1.165) is 12.8 Å². The maximum Gasteiger partial charge on any atom is 0.306 e. The predicted molar refractivity (Wildman–Crippen MR) is 81.4 cm³/mol. The van der Waals surface area contributed by atoms with Crippen molar-refractivity contribution in [1.29, 1.82) is 0 Å². The molecule has 1 atom stereocenters. The number of carboxylic acid groups (broad SMARTS) is 1. The van der Waals surface area contributed by atoms with Gasteiger partial charge in [-0.05, 0) is 50.3 Å². The first-order valence-corrected chi connectivity index (χ1v) is 7.77. The van der Waals surface area contributed by atoms with Crippen LogP contribution >= 0.6 is 23.2 Å². The molecule has 21 heavy (non-hydrogen) atoms. The van der Waals surface area contributed by atoms with Crippen LogP contribution in [0.15, 0.2) is 12.1 Å². The number of halogens is 3. The number of benzene rings is 1. The van der Waals surface area contributed by atoms with Crippen LogP contribution in [-0.4, -0.2) is 17.1 Å². The van der Waals surface area contributed by atoms with Gasteiger partial charge in [0.15, 0.2) is 0 Å². The molecule has 1 aromatic rings. The molecule has 1 fully saturated rings. The summed E-state index contributed by atoms with van der Waals surface area (Å²) in [4.78, 5) is 10.9. The fourth-order valence-corrected chi connectivity index (χ4v) is 3.37. The third-order valence-electron chi connectivity index (χ3n) is 4.07. The van der Waals surface area contributed by atoms with Crippen molar-refractivity contribution in [3.05, 3.63) is 33.6 Å². The van der Waals surface area contributed by atoms with E-state index in [0.29, 0.717) is 23.4 Å². The van der Waals surface area contributed by atoms with E-state index < -0.39 is 11.8 Å². The second-order valence-electron chi connectivity index (χ2n) is 5.56. The fourth-order valence-electron chi connectivity index (χ4n) is 2.82. The van der Waals surface area contributed by atoms with Gasteiger partial charge in [-0.25, -0.2) is 4.39 Å². The van der Waals surface area contributed by atoms with Gasteiger partial charge in [0.25, 0.3) is 0 Å². The Morgan fingerprint density at radius 2 is 1.90 bits per heavy atom. The van der Waals surface area contributed by atoms with Gasteiger partial charge < -0.3 is 10.4 Å². The first-order valence-electron chi connectivity index (χ1n) is 7.01. The minimum Gasteiger partial charge on any atom is -0.481 e. The van der Waals surface area contributed by atoms with Crippen molar-refractivity contribution in [1.82, 2.24) is 5.32 Å². The number of rotatable bonds is 4. The molecule has 1 aliphatic rings. The highest BCUT2D eigenvalue weighted by atomic mass is 35.5. The average molecular weight is 334 g/mol. The lowest BCUT2D eigenvalue weighted by atomic mass is 9.85. The Morgan fingerprint density at radius 3 is 2.48 bits per heavy atom. The molecule has 0 amide bonds. The van der Waals surface area contributed by atoms with Crippen LogP contribution in [0.3, 0.4) is 0 Å². The summed E-state index contributed by atoms with van der Waals surface area (Å²) in [6, 6.07) is 2.87. The molecule has 1 aromatic carbocycles. The zero-order valence-corrected chi connectivity index (χ0v) is 13.2. The van der Waals surface area contributed by atoms with E-state index >= 15 is 0 Å². The number of carboxylic acids is 1. The molecule has 2 rings (SSSR count). The molecule has 0 radical (unpaired) electrons. The van der Waals surface area contributed by atoms with Crippen molar-refractivity contribution in [3.8, 4) is 0 Å². The van der Waals surface area contributed by atoms with E-state index in [-0.39, 0.29) is 23.0 Å². The van der Waals surface area contributed by atoms with Crippen molar-refractivity contribution in [2.75, 3.05) is 0 Å². The van der Waals surface area contributed by atoms with Crippen molar-refractivity contribution in [2.24, 2.45) is 5.92 Å². The van der Waals surface area contributed by atoms with Crippen LogP contribution < -0.4 is 5.32 Å². The molecule has 1 unspecified atom stereocenters. The lowest BCUT2D eigenvalue weighted by molar-refractivity contribution is -0.142. The Kier molecular flexibility index (Phi) is 5.47. The van der Waals surface area contributed by atoms with Crippen LogP contribution in [0.25, 0.3) is 0 Å². The minimum atomic E-state index is -0.718. The molecule has 3 nitrogen and oxygen atoms in total. The predicted octanol–water partition coefficient (Wildman–Crippen LogP) is 4.43. The molecule has 0 heterocycles. The average Bonchev–Trinajstić information content (AvgIpc) is 2.43. The monoisotopic (exact) mass is 333 g/mol. The van der Waals surface area contributed by atoms with Crippen LogP contribution in [0, 0.1) is 11.7 Å². The van der Waals surface area contributed by atoms with E-state index in [4.69, 9.17) is 28.3 Å². The second kappa shape index (κ2) is 6.95. The highest BCUT2D eigenvalue weighted by molar-refractivity contribution is 6.35. The van der Waals surface area contributed by atoms with Gasteiger partial charge in [-0.1, -0.05) is 23.2 Å². The molecule has 0 spiro atoms. The molecule has 0 aliphatic heterocycles. The summed E-state index contributed by atoms with van der Waals surface area (Å²) in [5.74, 6) is -1.45. The van der Waals surface area contributed by atoms with Crippen LogP contribution in [0.2, 0.25) is 10.0 Å². The van der Waals surface area contributed by atoms with E-state index in [1.165, 1.54) is 12.1 Å². The van der Waals surface area contributed by atoms with Crippen molar-refractivity contribution in [2.45, 2.75) is 44.7 Å². The molecule has 116 valence electrons. The highest BCUT2D eigenvalue weighted by Gasteiger charge is 2.27. The summed E-state index contributed by atoms with van der Waals surface area (Å²) in [7, 11) is 0. The Labute approximate surface area is 133 Å². The molecule has 0 saturated heterocycles. The summed E-state index contributed by atoms with van der Waals surface area (Å²) >= 11 is 11.8. The molecule has 1 aliphatic carbocycles. The number of nitrogens with one attached hydrogen (secondary N) is 1. The third kappa shape index (κ3) is 4.09. The van der Waals surface area contributed by atoms with Crippen LogP contribution in [0.1, 0.15) is 44.2 Å². The molecule has 0 bridgehead atoms. The van der Waals surface area contributed by atoms with Crippen LogP contribution in [0.5, 0.6) is 0 Å². The SMILES string of the molecule is CC(NC1CCC(C(=O)O)CC1)c1cc(F)c(Cl)cc1Cl. The summed E-state index contributed by atoms with van der Waals surface area (Å²) in [6.45, 7) is 1.91.